The minimum Gasteiger partial charge on any atom is -0.374 e. The van der Waals surface area contributed by atoms with Gasteiger partial charge in [0.15, 0.2) is 0 Å². The van der Waals surface area contributed by atoms with Crippen molar-refractivity contribution in [2.75, 3.05) is 38.5 Å². The second kappa shape index (κ2) is 10.3. The Balaban J connectivity index is 1.61. The van der Waals surface area contributed by atoms with Crippen molar-refractivity contribution in [1.29, 1.82) is 0 Å². The van der Waals surface area contributed by atoms with Gasteiger partial charge in [-0.1, -0.05) is 37.6 Å². The molecule has 0 aromatic heterocycles. The van der Waals surface area contributed by atoms with Crippen LogP contribution < -0.4 is 5.32 Å². The van der Waals surface area contributed by atoms with Crippen molar-refractivity contribution >= 4 is 29.3 Å². The molecule has 0 aliphatic carbocycles. The molecule has 1 saturated heterocycles. The molecule has 1 amide bonds. The molecule has 134 valence electrons. The Bertz CT molecular complexity index is 510. The van der Waals surface area contributed by atoms with Gasteiger partial charge < -0.3 is 10.1 Å². The highest BCUT2D eigenvalue weighted by Crippen LogP contribution is 2.15. The lowest BCUT2D eigenvalue weighted by atomic mass is 10.2. The maximum absolute atomic E-state index is 12.0. The monoisotopic (exact) mass is 370 g/mol. The SMILES string of the molecule is CC(C)CN1CCOC(CNC(=O)CSCc2ccc(Cl)cc2)C1. The number of morpholine rings is 1. The fourth-order valence-corrected chi connectivity index (χ4v) is 3.65. The molecular weight excluding hydrogens is 344 g/mol. The van der Waals surface area contributed by atoms with Crippen LogP contribution in [0.15, 0.2) is 24.3 Å². The highest BCUT2D eigenvalue weighted by atomic mass is 35.5. The van der Waals surface area contributed by atoms with Crippen molar-refractivity contribution < 1.29 is 9.53 Å². The first-order valence-corrected chi connectivity index (χ1v) is 9.99. The molecule has 1 fully saturated rings. The number of ether oxygens (including phenoxy) is 1. The third-order valence-electron chi connectivity index (χ3n) is 3.79. The number of hydrogen-bond donors (Lipinski definition) is 1. The van der Waals surface area contributed by atoms with Crippen LogP contribution in [0.3, 0.4) is 0 Å². The molecule has 1 aromatic carbocycles. The van der Waals surface area contributed by atoms with Gasteiger partial charge in [0, 0.05) is 37.0 Å². The smallest absolute Gasteiger partial charge is 0.230 e. The molecule has 0 saturated carbocycles. The summed E-state index contributed by atoms with van der Waals surface area (Å²) in [5, 5.41) is 3.73. The third kappa shape index (κ3) is 7.43. The topological polar surface area (TPSA) is 41.6 Å². The van der Waals surface area contributed by atoms with Gasteiger partial charge in [0.25, 0.3) is 0 Å². The Hall–Kier alpha value is -0.750. The molecule has 1 aromatic rings. The molecule has 4 nitrogen and oxygen atoms in total. The molecule has 2 rings (SSSR count). The van der Waals surface area contributed by atoms with Crippen LogP contribution in [0, 0.1) is 5.92 Å². The van der Waals surface area contributed by atoms with Crippen LogP contribution >= 0.6 is 23.4 Å². The first-order valence-electron chi connectivity index (χ1n) is 8.45. The normalized spacial score (nSPS) is 18.8. The number of amides is 1. The molecule has 24 heavy (non-hydrogen) atoms. The summed E-state index contributed by atoms with van der Waals surface area (Å²) < 4.78 is 5.75. The van der Waals surface area contributed by atoms with Gasteiger partial charge in [0.05, 0.1) is 18.5 Å². The maximum atomic E-state index is 12.0. The largest absolute Gasteiger partial charge is 0.374 e. The lowest BCUT2D eigenvalue weighted by Gasteiger charge is -2.33. The molecule has 1 N–H and O–H groups in total. The van der Waals surface area contributed by atoms with Gasteiger partial charge in [-0.25, -0.2) is 0 Å². The van der Waals surface area contributed by atoms with Crippen LogP contribution in [0.2, 0.25) is 5.02 Å². The number of hydrogen-bond acceptors (Lipinski definition) is 4. The Labute approximate surface area is 154 Å². The number of rotatable bonds is 8. The second-order valence-corrected chi connectivity index (χ2v) is 7.99. The minimum atomic E-state index is 0.0681. The Morgan fingerprint density at radius 3 is 2.88 bits per heavy atom. The summed E-state index contributed by atoms with van der Waals surface area (Å²) >= 11 is 7.47. The number of carbonyl (C=O) groups excluding carboxylic acids is 1. The van der Waals surface area contributed by atoms with E-state index in [0.717, 1.165) is 37.0 Å². The van der Waals surface area contributed by atoms with E-state index in [2.05, 4.69) is 24.1 Å². The van der Waals surface area contributed by atoms with E-state index in [4.69, 9.17) is 16.3 Å². The number of nitrogens with one attached hydrogen (secondary N) is 1. The molecule has 1 unspecified atom stereocenters. The summed E-state index contributed by atoms with van der Waals surface area (Å²) in [6.45, 7) is 8.77. The summed E-state index contributed by atoms with van der Waals surface area (Å²) in [5.74, 6) is 2.00. The number of thioether (sulfide) groups is 1. The average Bonchev–Trinajstić information content (AvgIpc) is 2.54. The predicted molar refractivity (Wildman–Crippen MR) is 102 cm³/mol. The van der Waals surface area contributed by atoms with Crippen LogP contribution in [-0.2, 0) is 15.3 Å². The zero-order chi connectivity index (χ0) is 17.4. The molecule has 1 heterocycles. The number of halogens is 1. The van der Waals surface area contributed by atoms with E-state index in [-0.39, 0.29) is 12.0 Å². The molecule has 0 bridgehead atoms. The van der Waals surface area contributed by atoms with Crippen LogP contribution in [0.4, 0.5) is 0 Å². The highest BCUT2D eigenvalue weighted by molar-refractivity contribution is 7.99. The van der Waals surface area contributed by atoms with Crippen LogP contribution in [0.25, 0.3) is 0 Å². The summed E-state index contributed by atoms with van der Waals surface area (Å²) in [6.07, 6.45) is 0.0997. The Morgan fingerprint density at radius 2 is 2.17 bits per heavy atom. The summed E-state index contributed by atoms with van der Waals surface area (Å²) in [7, 11) is 0. The fraction of sp³-hybridized carbons (Fsp3) is 0.611. The van der Waals surface area contributed by atoms with E-state index in [1.165, 1.54) is 5.56 Å². The molecule has 1 atom stereocenters. The summed E-state index contributed by atoms with van der Waals surface area (Å²) in [5.41, 5.74) is 1.18. The molecule has 0 radical (unpaired) electrons. The van der Waals surface area contributed by atoms with Gasteiger partial charge in [-0.3, -0.25) is 9.69 Å². The van der Waals surface area contributed by atoms with Gasteiger partial charge in [-0.15, -0.1) is 11.8 Å². The first-order chi connectivity index (χ1) is 11.5. The van der Waals surface area contributed by atoms with E-state index in [0.29, 0.717) is 18.2 Å². The van der Waals surface area contributed by atoms with E-state index in [1.54, 1.807) is 11.8 Å². The Kier molecular flexibility index (Phi) is 8.39. The standard InChI is InChI=1S/C18H27ClN2O2S/c1-14(2)10-21-7-8-23-17(11-21)9-20-18(22)13-24-12-15-3-5-16(19)6-4-15/h3-6,14,17H,7-13H2,1-2H3,(H,20,22). The predicted octanol–water partition coefficient (Wildman–Crippen LogP) is 3.05. The van der Waals surface area contributed by atoms with E-state index in [9.17, 15) is 4.79 Å². The lowest BCUT2D eigenvalue weighted by molar-refractivity contribution is -0.119. The first kappa shape index (κ1) is 19.6. The Morgan fingerprint density at radius 1 is 1.42 bits per heavy atom. The summed E-state index contributed by atoms with van der Waals surface area (Å²) in [6, 6.07) is 7.74. The molecule has 0 spiro atoms. The van der Waals surface area contributed by atoms with Gasteiger partial charge in [-0.2, -0.15) is 0 Å². The zero-order valence-corrected chi connectivity index (χ0v) is 16.0. The van der Waals surface area contributed by atoms with E-state index in [1.807, 2.05) is 24.3 Å². The van der Waals surface area contributed by atoms with Gasteiger partial charge >= 0.3 is 0 Å². The van der Waals surface area contributed by atoms with Crippen molar-refractivity contribution in [3.63, 3.8) is 0 Å². The van der Waals surface area contributed by atoms with Crippen LogP contribution in [0.1, 0.15) is 19.4 Å². The van der Waals surface area contributed by atoms with Crippen LogP contribution in [0.5, 0.6) is 0 Å². The van der Waals surface area contributed by atoms with E-state index >= 15 is 0 Å². The van der Waals surface area contributed by atoms with Crippen molar-refractivity contribution in [1.82, 2.24) is 10.2 Å². The summed E-state index contributed by atoms with van der Waals surface area (Å²) in [4.78, 5) is 14.4. The number of nitrogens with zero attached hydrogens (tertiary/aromatic N) is 1. The van der Waals surface area contributed by atoms with Gasteiger partial charge in [0.2, 0.25) is 5.91 Å². The number of carbonyl (C=O) groups is 1. The van der Waals surface area contributed by atoms with Gasteiger partial charge in [-0.05, 0) is 23.6 Å². The van der Waals surface area contributed by atoms with Crippen molar-refractivity contribution in [2.24, 2.45) is 5.92 Å². The van der Waals surface area contributed by atoms with Crippen LogP contribution in [-0.4, -0.2) is 55.4 Å². The quantitative estimate of drug-likeness (QED) is 0.763. The lowest BCUT2D eigenvalue weighted by Crippen LogP contribution is -2.48. The second-order valence-electron chi connectivity index (χ2n) is 6.57. The van der Waals surface area contributed by atoms with Crippen molar-refractivity contribution in [3.8, 4) is 0 Å². The number of benzene rings is 1. The van der Waals surface area contributed by atoms with Crippen molar-refractivity contribution in [2.45, 2.75) is 25.7 Å². The zero-order valence-electron chi connectivity index (χ0n) is 14.5. The maximum Gasteiger partial charge on any atom is 0.230 e. The van der Waals surface area contributed by atoms with E-state index < -0.39 is 0 Å². The average molecular weight is 371 g/mol. The molecule has 1 aliphatic rings. The molecule has 6 heteroatoms. The van der Waals surface area contributed by atoms with Crippen molar-refractivity contribution in [3.05, 3.63) is 34.9 Å². The molecular formula is C18H27ClN2O2S. The fourth-order valence-electron chi connectivity index (χ4n) is 2.71. The third-order valence-corrected chi connectivity index (χ3v) is 5.04. The van der Waals surface area contributed by atoms with Gasteiger partial charge in [0.1, 0.15) is 0 Å². The minimum absolute atomic E-state index is 0.0681. The molecule has 1 aliphatic heterocycles. The highest BCUT2D eigenvalue weighted by Gasteiger charge is 2.21.